The Hall–Kier alpha value is -12.6. The fraction of sp³-hybridized carbons (Fsp3) is 0.398. The van der Waals surface area contributed by atoms with Crippen LogP contribution >= 0.6 is 23.2 Å². The van der Waals surface area contributed by atoms with Crippen molar-refractivity contribution in [3.63, 3.8) is 0 Å². The number of carbonyl (C=O) groups excluding carboxylic acids is 10. The van der Waals surface area contributed by atoms with Crippen LogP contribution in [0.4, 0.5) is 19.0 Å². The van der Waals surface area contributed by atoms with Crippen LogP contribution in [0.3, 0.4) is 0 Å². The van der Waals surface area contributed by atoms with Gasteiger partial charge in [0.25, 0.3) is 5.91 Å². The monoisotopic (exact) mass is 1840 g/mol. The number of nitrogens with one attached hydrogen (secondary N) is 11. The predicted octanol–water partition coefficient (Wildman–Crippen LogP) is 1.16. The van der Waals surface area contributed by atoms with Crippen LogP contribution in [-0.4, -0.2) is 220 Å². The molecule has 6 aromatic carbocycles. The largest absolute Gasteiger partial charge is 0.573 e. The second-order valence-corrected chi connectivity index (χ2v) is 32.4. The van der Waals surface area contributed by atoms with Crippen molar-refractivity contribution in [1.29, 1.82) is 0 Å². The van der Waals surface area contributed by atoms with Crippen LogP contribution in [0, 0.1) is 5.92 Å². The first-order chi connectivity index (χ1) is 61.0. The highest BCUT2D eigenvalue weighted by Crippen LogP contribution is 2.50. The van der Waals surface area contributed by atoms with Gasteiger partial charge >= 0.3 is 12.1 Å². The molecule has 14 rings (SSSR count). The lowest BCUT2D eigenvalue weighted by molar-refractivity contribution is -0.334. The third kappa shape index (κ3) is 22.4. The second-order valence-electron chi connectivity index (χ2n) is 31.6. The number of nitrogens with zero attached hydrogens (tertiary/aromatic N) is 2. The first kappa shape index (κ1) is 95.5. The molecule has 10 amide bonds. The zero-order chi connectivity index (χ0) is 93.7. The number of aliphatic hydroxyl groups excluding tert-OH is 6. The number of rotatable bonds is 21. The minimum atomic E-state index is -4.94. The fourth-order valence-electron chi connectivity index (χ4n) is 15.2. The van der Waals surface area contributed by atoms with E-state index in [1.165, 1.54) is 44.4 Å². The summed E-state index contributed by atoms with van der Waals surface area (Å²) in [6.07, 6.45) is -24.0. The molecule has 7 aliphatic rings. The first-order valence-corrected chi connectivity index (χ1v) is 40.7. The molecule has 8 heterocycles. The van der Waals surface area contributed by atoms with E-state index in [2.05, 4.69) is 68.4 Å². The average molecular weight is 1840 g/mol. The number of phenols is 3. The molecule has 0 aliphatic carbocycles. The number of hydrazine groups is 1. The second kappa shape index (κ2) is 40.0. The highest BCUT2D eigenvalue weighted by atomic mass is 35.5. The van der Waals surface area contributed by atoms with Gasteiger partial charge in [-0.3, -0.25) is 63.4 Å². The van der Waals surface area contributed by atoms with Gasteiger partial charge in [0.05, 0.1) is 47.7 Å². The third-order valence-electron chi connectivity index (χ3n) is 21.7. The molecule has 0 saturated carbocycles. The number of hydrogen-bond donors (Lipinski definition) is 21. The topological polar surface area (TPSA) is 611 Å². The van der Waals surface area contributed by atoms with Crippen molar-refractivity contribution in [3.05, 3.63) is 169 Å². The van der Waals surface area contributed by atoms with Crippen molar-refractivity contribution >= 4 is 88.1 Å². The standard InChI is InChI=1S/C83H91Cl2F3N14O27/c1-33(2)21-47(90-6)73(115)98-64-66(110)38-10-15-51(45(84)24-38)124-53-26-40-27-54(70(53)128-80-71(69(113)68(112)55(32-103)126-80)127-59-31-82(5,72(114)34(3)123-59)91-18-20-102-19-17-57(94-81(102)122)93-58(109)22-36-7-12-42(13-8-36)129-83(86,87)88)125-52-16-11-39(25-46(52)85)67(111)65-78(120)97-63(79(121)101-100-35(4)104)44-28-41(105)29-50(107)60(44)43-23-37(9-14-49(43)106)61(75(117)99-65)96-76(118)62(40)95-74(116)48(30-56(89)108)92-77(64)119/h7-17,19,23-29,33-34,47-48,55,59,61-69,71-72,80,90-91,103,105-107,110-114H,18,20-22,30-32H2,1-6H3,(H2,89,108)(H,92,119)(H,95,116)(H,96,118)(H,97,120)(H,98,115)(H,99,117)(H,100,104)(H,101,121)(H,93,94,109,122)/t34?,47?,48?,55?,59?,61?,62?,63-,64?,65?,66?,67?,68?,69?,71?,72?,80?,82-/m1/s1. The van der Waals surface area contributed by atoms with E-state index in [1.54, 1.807) is 20.8 Å². The molecular weight excluding hydrogens is 1750 g/mol. The van der Waals surface area contributed by atoms with E-state index < -0.39 is 283 Å². The number of hydrogen-bond acceptors (Lipinski definition) is 30. The van der Waals surface area contributed by atoms with Crippen LogP contribution < -0.4 is 89.1 Å². The number of amides is 10. The Morgan fingerprint density at radius 1 is 0.721 bits per heavy atom. The van der Waals surface area contributed by atoms with Crippen molar-refractivity contribution < 1.29 is 140 Å². The minimum absolute atomic E-state index is 0.105. The molecule has 7 aliphatic heterocycles. The highest BCUT2D eigenvalue weighted by molar-refractivity contribution is 6.32. The molecular formula is C83H91Cl2F3N14O27. The predicted molar refractivity (Wildman–Crippen MR) is 441 cm³/mol. The molecule has 46 heteroatoms. The van der Waals surface area contributed by atoms with Crippen molar-refractivity contribution in [2.75, 3.05) is 25.5 Å². The number of alkyl halides is 3. The van der Waals surface area contributed by atoms with E-state index in [0.29, 0.717) is 5.56 Å². The van der Waals surface area contributed by atoms with E-state index in [-0.39, 0.29) is 55.2 Å². The van der Waals surface area contributed by atoms with Crippen LogP contribution in [0.1, 0.15) is 118 Å². The maximum absolute atomic E-state index is 16.3. The quantitative estimate of drug-likeness (QED) is 0.0449. The van der Waals surface area contributed by atoms with Gasteiger partial charge in [0.15, 0.2) is 23.9 Å². The van der Waals surface area contributed by atoms with E-state index in [0.717, 1.165) is 96.4 Å². The maximum atomic E-state index is 16.3. The molecule has 7 aromatic rings. The number of anilines is 1. The van der Waals surface area contributed by atoms with Gasteiger partial charge in [0.2, 0.25) is 65.2 Å². The molecule has 1 aromatic heterocycles. The molecule has 0 radical (unpaired) electrons. The number of phenolic OH excluding ortho intramolecular Hbond substituents is 3. The molecule has 11 bridgehead atoms. The Bertz CT molecular complexity index is 5530. The Labute approximate surface area is 739 Å². The maximum Gasteiger partial charge on any atom is 0.573 e. The summed E-state index contributed by atoms with van der Waals surface area (Å²) in [7, 11) is 1.45. The summed E-state index contributed by atoms with van der Waals surface area (Å²) < 4.78 is 82.5. The molecule has 41 nitrogen and oxygen atoms in total. The zero-order valence-electron chi connectivity index (χ0n) is 69.0. The summed E-state index contributed by atoms with van der Waals surface area (Å²) in [5, 5.41) is 129. The van der Waals surface area contributed by atoms with Crippen LogP contribution in [0.15, 0.2) is 120 Å². The van der Waals surface area contributed by atoms with Crippen LogP contribution in [0.2, 0.25) is 10.0 Å². The van der Waals surface area contributed by atoms with Crippen molar-refractivity contribution in [3.8, 4) is 62.9 Å². The number of nitrogens with two attached hydrogens (primary N) is 1. The van der Waals surface area contributed by atoms with Gasteiger partial charge in [-0.05, 0) is 139 Å². The van der Waals surface area contributed by atoms with Crippen molar-refractivity contribution in [2.45, 2.75) is 182 Å². The molecule has 22 N–H and O–H groups in total. The van der Waals surface area contributed by atoms with Crippen LogP contribution in [0.5, 0.6) is 51.7 Å². The number of likely N-dealkylation sites (N-methyl/N-ethyl adjacent to an activating group) is 1. The summed E-state index contributed by atoms with van der Waals surface area (Å²) >= 11 is 14.3. The third-order valence-corrected chi connectivity index (χ3v) is 22.2. The van der Waals surface area contributed by atoms with Gasteiger partial charge in [-0.1, -0.05) is 67.4 Å². The number of ether oxygens (including phenoxy) is 7. The molecule has 690 valence electrons. The van der Waals surface area contributed by atoms with E-state index in [1.807, 2.05) is 0 Å². The lowest BCUT2D eigenvalue weighted by atomic mass is 9.85. The Morgan fingerprint density at radius 2 is 1.36 bits per heavy atom. The summed E-state index contributed by atoms with van der Waals surface area (Å²) in [5.74, 6) is -18.4. The zero-order valence-corrected chi connectivity index (χ0v) is 70.6. The molecule has 0 spiro atoms. The summed E-state index contributed by atoms with van der Waals surface area (Å²) in [5.41, 5.74) is 4.89. The smallest absolute Gasteiger partial charge is 0.508 e. The summed E-state index contributed by atoms with van der Waals surface area (Å²) in [6, 6.07) is 4.57. The lowest BCUT2D eigenvalue weighted by Crippen LogP contribution is -2.65. The number of halogens is 5. The van der Waals surface area contributed by atoms with Gasteiger partial charge < -0.3 is 133 Å². The van der Waals surface area contributed by atoms with Crippen LogP contribution in [-0.2, 0) is 75.1 Å². The van der Waals surface area contributed by atoms with Gasteiger partial charge in [0.1, 0.15) is 107 Å². The highest BCUT2D eigenvalue weighted by Gasteiger charge is 2.53. The SMILES string of the molecule is CNC(CC(C)C)C(=O)NC1C(=O)NC(CC(N)=O)C(=O)NC2C(=O)NC3C(=O)NC(C(=O)N[C@@H](C(=O)NNC(C)=O)c4cc(O)cc(O)c4-c4cc3ccc4O)C(O)c3ccc(c(Cl)c3)Oc3cc2cc(c3OC2OC(CO)C(O)C(O)C2OC2C[C@@](C)(NCCn3ccc(NC(=O)Cc4ccc(OC(F)(F)F)cc4)nc3=O)C(O)C(C)O2)Oc2ccc(cc2Cl)C1O. The molecule has 2 saturated heterocycles. The summed E-state index contributed by atoms with van der Waals surface area (Å²) in [6.45, 7) is 6.31. The first-order valence-electron chi connectivity index (χ1n) is 39.9. The number of aliphatic hydroxyl groups is 6. The van der Waals surface area contributed by atoms with E-state index in [9.17, 15) is 87.9 Å². The van der Waals surface area contributed by atoms with Crippen LogP contribution in [0.25, 0.3) is 11.1 Å². The Balaban J connectivity index is 0.980. The van der Waals surface area contributed by atoms with Gasteiger partial charge in [-0.25, -0.2) is 4.79 Å². The van der Waals surface area contributed by atoms with Crippen molar-refractivity contribution in [2.24, 2.45) is 11.7 Å². The van der Waals surface area contributed by atoms with E-state index >= 15 is 24.0 Å². The van der Waals surface area contributed by atoms with Gasteiger partial charge in [0, 0.05) is 55.4 Å². The normalized spacial score (nSPS) is 25.6. The van der Waals surface area contributed by atoms with Crippen molar-refractivity contribution in [1.82, 2.24) is 62.9 Å². The Morgan fingerprint density at radius 3 is 1.97 bits per heavy atom. The Kier molecular flexibility index (Phi) is 29.6. The molecule has 18 atom stereocenters. The van der Waals surface area contributed by atoms with Gasteiger partial charge in [-0.2, -0.15) is 4.98 Å². The summed E-state index contributed by atoms with van der Waals surface area (Å²) in [4.78, 5) is 162. The molecule has 16 unspecified atom stereocenters. The lowest BCUT2D eigenvalue weighted by Gasteiger charge is -2.48. The van der Waals surface area contributed by atoms with Gasteiger partial charge in [-0.15, -0.1) is 13.2 Å². The minimum Gasteiger partial charge on any atom is -0.508 e. The average Bonchev–Trinajstić information content (AvgIpc) is 0.764. The number of primary amides is 1. The molecule has 129 heavy (non-hydrogen) atoms. The number of fused-ring (bicyclic) bond motifs is 15. The number of aromatic hydroxyl groups is 3. The number of carbonyl (C=O) groups is 10. The number of benzene rings is 6. The fourth-order valence-corrected chi connectivity index (χ4v) is 15.6. The molecule has 2 fully saturated rings. The number of aromatic nitrogens is 2. The van der Waals surface area contributed by atoms with E-state index in [4.69, 9.17) is 57.4 Å².